The van der Waals surface area contributed by atoms with Crippen molar-refractivity contribution in [1.29, 1.82) is 5.26 Å². The average molecular weight is 166 g/mol. The Morgan fingerprint density at radius 3 is 2.42 bits per heavy atom. The van der Waals surface area contributed by atoms with Crippen LogP contribution in [0.2, 0.25) is 0 Å². The van der Waals surface area contributed by atoms with Crippen molar-refractivity contribution in [2.45, 2.75) is 44.6 Å². The van der Waals surface area contributed by atoms with Crippen molar-refractivity contribution in [3.05, 3.63) is 0 Å². The zero-order chi connectivity index (χ0) is 9.03. The molecule has 12 heavy (non-hydrogen) atoms. The summed E-state index contributed by atoms with van der Waals surface area (Å²) in [5.74, 6) is 0.861. The van der Waals surface area contributed by atoms with Gasteiger partial charge in [-0.3, -0.25) is 0 Å². The number of hydrogen-bond acceptors (Lipinski definition) is 2. The Labute approximate surface area is 75.0 Å². The average Bonchev–Trinajstić information content (AvgIpc) is 2.18. The summed E-state index contributed by atoms with van der Waals surface area (Å²) in [6.07, 6.45) is 5.75. The third-order valence-corrected chi connectivity index (χ3v) is 3.23. The molecule has 0 aliphatic heterocycles. The van der Waals surface area contributed by atoms with E-state index in [-0.39, 0.29) is 5.54 Å². The van der Waals surface area contributed by atoms with E-state index in [2.05, 4.69) is 18.3 Å². The Bertz CT molecular complexity index is 173. The molecule has 1 fully saturated rings. The van der Waals surface area contributed by atoms with E-state index in [9.17, 15) is 0 Å². The van der Waals surface area contributed by atoms with Crippen molar-refractivity contribution in [3.63, 3.8) is 0 Å². The first-order chi connectivity index (χ1) is 5.76. The van der Waals surface area contributed by atoms with Gasteiger partial charge in [-0.1, -0.05) is 13.3 Å². The van der Waals surface area contributed by atoms with Gasteiger partial charge in [-0.05, 0) is 38.6 Å². The maximum atomic E-state index is 8.99. The van der Waals surface area contributed by atoms with Crippen LogP contribution in [0, 0.1) is 17.2 Å². The molecule has 0 radical (unpaired) electrons. The normalized spacial score (nSPS) is 35.9. The molecular formula is C10H18N2. The lowest BCUT2D eigenvalue weighted by molar-refractivity contribution is 0.245. The summed E-state index contributed by atoms with van der Waals surface area (Å²) in [4.78, 5) is 0. The molecule has 0 heterocycles. The molecule has 0 amide bonds. The van der Waals surface area contributed by atoms with Gasteiger partial charge in [0, 0.05) is 0 Å². The van der Waals surface area contributed by atoms with Gasteiger partial charge in [0.25, 0.3) is 0 Å². The Kier molecular flexibility index (Phi) is 3.11. The van der Waals surface area contributed by atoms with Crippen LogP contribution in [0.5, 0.6) is 0 Å². The van der Waals surface area contributed by atoms with E-state index in [1.54, 1.807) is 0 Å². The van der Waals surface area contributed by atoms with Crippen LogP contribution in [0.15, 0.2) is 0 Å². The van der Waals surface area contributed by atoms with Crippen molar-refractivity contribution in [2.75, 3.05) is 7.05 Å². The van der Waals surface area contributed by atoms with E-state index in [1.807, 2.05) is 7.05 Å². The quantitative estimate of drug-likeness (QED) is 0.681. The number of hydrogen-bond donors (Lipinski definition) is 1. The fourth-order valence-electron chi connectivity index (χ4n) is 2.00. The van der Waals surface area contributed by atoms with Crippen LogP contribution in [0.1, 0.15) is 39.0 Å². The molecule has 1 N–H and O–H groups in total. The van der Waals surface area contributed by atoms with Crippen molar-refractivity contribution < 1.29 is 0 Å². The Balaban J connectivity index is 2.49. The van der Waals surface area contributed by atoms with Gasteiger partial charge < -0.3 is 5.32 Å². The van der Waals surface area contributed by atoms with Gasteiger partial charge in [0.05, 0.1) is 6.07 Å². The SMILES string of the molecule is CCC1CCC(C#N)(NC)CC1. The predicted octanol–water partition coefficient (Wildman–Crippen LogP) is 2.07. The van der Waals surface area contributed by atoms with Crippen molar-refractivity contribution in [2.24, 2.45) is 5.92 Å². The largest absolute Gasteiger partial charge is 0.302 e. The standard InChI is InChI=1S/C10H18N2/c1-3-9-4-6-10(8-11,12-2)7-5-9/h9,12H,3-7H2,1-2H3. The topological polar surface area (TPSA) is 35.8 Å². The first-order valence-corrected chi connectivity index (χ1v) is 4.86. The number of nitrogens with one attached hydrogen (secondary N) is 1. The van der Waals surface area contributed by atoms with Crippen LogP contribution < -0.4 is 5.32 Å². The van der Waals surface area contributed by atoms with E-state index < -0.39 is 0 Å². The summed E-state index contributed by atoms with van der Waals surface area (Å²) >= 11 is 0. The number of rotatable bonds is 2. The summed E-state index contributed by atoms with van der Waals surface area (Å²) in [5.41, 5.74) is -0.203. The van der Waals surface area contributed by atoms with E-state index in [1.165, 1.54) is 19.3 Å². The summed E-state index contributed by atoms with van der Waals surface area (Å²) in [6.45, 7) is 2.24. The molecule has 68 valence electrons. The molecule has 1 saturated carbocycles. The first kappa shape index (κ1) is 9.54. The molecule has 1 rings (SSSR count). The summed E-state index contributed by atoms with van der Waals surface area (Å²) < 4.78 is 0. The molecule has 0 aromatic carbocycles. The third kappa shape index (κ3) is 1.78. The van der Waals surface area contributed by atoms with Crippen LogP contribution in [0.25, 0.3) is 0 Å². The Morgan fingerprint density at radius 2 is 2.08 bits per heavy atom. The van der Waals surface area contributed by atoms with Gasteiger partial charge in [0.1, 0.15) is 5.54 Å². The molecule has 0 bridgehead atoms. The zero-order valence-electron chi connectivity index (χ0n) is 8.06. The second-order valence-corrected chi connectivity index (χ2v) is 3.80. The minimum Gasteiger partial charge on any atom is -0.302 e. The van der Waals surface area contributed by atoms with Crippen LogP contribution >= 0.6 is 0 Å². The molecular weight excluding hydrogens is 148 g/mol. The lowest BCUT2D eigenvalue weighted by Gasteiger charge is -2.34. The molecule has 0 saturated heterocycles. The Morgan fingerprint density at radius 1 is 1.50 bits per heavy atom. The minimum atomic E-state index is -0.203. The van der Waals surface area contributed by atoms with Crippen LogP contribution in [0.4, 0.5) is 0 Å². The van der Waals surface area contributed by atoms with E-state index in [0.717, 1.165) is 18.8 Å². The molecule has 1 aliphatic carbocycles. The minimum absolute atomic E-state index is 0.203. The fraction of sp³-hybridized carbons (Fsp3) is 0.900. The van der Waals surface area contributed by atoms with Gasteiger partial charge in [0.15, 0.2) is 0 Å². The number of nitrogens with zero attached hydrogens (tertiary/aromatic N) is 1. The highest BCUT2D eigenvalue weighted by Crippen LogP contribution is 2.32. The van der Waals surface area contributed by atoms with Gasteiger partial charge in [-0.25, -0.2) is 0 Å². The highest BCUT2D eigenvalue weighted by molar-refractivity contribution is 5.08. The van der Waals surface area contributed by atoms with Gasteiger partial charge in [0.2, 0.25) is 0 Å². The first-order valence-electron chi connectivity index (χ1n) is 4.86. The van der Waals surface area contributed by atoms with Gasteiger partial charge >= 0.3 is 0 Å². The smallest absolute Gasteiger partial charge is 0.106 e. The summed E-state index contributed by atoms with van der Waals surface area (Å²) in [7, 11) is 1.90. The van der Waals surface area contributed by atoms with Crippen LogP contribution in [0.3, 0.4) is 0 Å². The van der Waals surface area contributed by atoms with Crippen LogP contribution in [-0.2, 0) is 0 Å². The maximum absolute atomic E-state index is 8.99. The van der Waals surface area contributed by atoms with Crippen LogP contribution in [-0.4, -0.2) is 12.6 Å². The fourth-order valence-corrected chi connectivity index (χ4v) is 2.00. The van der Waals surface area contributed by atoms with E-state index >= 15 is 0 Å². The molecule has 0 spiro atoms. The predicted molar refractivity (Wildman–Crippen MR) is 49.7 cm³/mol. The molecule has 0 atom stereocenters. The van der Waals surface area contributed by atoms with Crippen molar-refractivity contribution in [3.8, 4) is 6.07 Å². The highest BCUT2D eigenvalue weighted by Gasteiger charge is 2.32. The summed E-state index contributed by atoms with van der Waals surface area (Å²) in [5, 5.41) is 12.1. The molecule has 1 aliphatic rings. The molecule has 2 nitrogen and oxygen atoms in total. The van der Waals surface area contributed by atoms with Crippen molar-refractivity contribution in [1.82, 2.24) is 5.32 Å². The third-order valence-electron chi connectivity index (χ3n) is 3.23. The van der Waals surface area contributed by atoms with E-state index in [0.29, 0.717) is 0 Å². The molecule has 0 unspecified atom stereocenters. The van der Waals surface area contributed by atoms with Gasteiger partial charge in [-0.2, -0.15) is 5.26 Å². The second kappa shape index (κ2) is 3.91. The van der Waals surface area contributed by atoms with Gasteiger partial charge in [-0.15, -0.1) is 0 Å². The maximum Gasteiger partial charge on any atom is 0.106 e. The zero-order valence-corrected chi connectivity index (χ0v) is 8.06. The molecule has 2 heteroatoms. The van der Waals surface area contributed by atoms with E-state index in [4.69, 9.17) is 5.26 Å². The lowest BCUT2D eigenvalue weighted by atomic mass is 9.76. The molecule has 0 aromatic rings. The Hall–Kier alpha value is -0.550. The summed E-state index contributed by atoms with van der Waals surface area (Å²) in [6, 6.07) is 2.40. The monoisotopic (exact) mass is 166 g/mol. The second-order valence-electron chi connectivity index (χ2n) is 3.80. The number of nitriles is 1. The highest BCUT2D eigenvalue weighted by atomic mass is 14.9. The lowest BCUT2D eigenvalue weighted by Crippen LogP contribution is -2.44. The van der Waals surface area contributed by atoms with Crippen molar-refractivity contribution >= 4 is 0 Å². The molecule has 0 aromatic heterocycles.